The molecule has 6 heteroatoms. The second-order valence-electron chi connectivity index (χ2n) is 5.64. The molecule has 0 atom stereocenters. The normalized spacial score (nSPS) is 11.8. The molecule has 0 aliphatic heterocycles. The maximum absolute atomic E-state index is 5.54. The molecule has 0 unspecified atom stereocenters. The van der Waals surface area contributed by atoms with Crippen molar-refractivity contribution in [3.05, 3.63) is 18.2 Å². The van der Waals surface area contributed by atoms with E-state index in [2.05, 4.69) is 41.3 Å². The van der Waals surface area contributed by atoms with Crippen LogP contribution in [0.1, 0.15) is 27.7 Å². The Kier molecular flexibility index (Phi) is 9.01. The van der Waals surface area contributed by atoms with Gasteiger partial charge >= 0.3 is 0 Å². The van der Waals surface area contributed by atoms with Crippen LogP contribution in [-0.4, -0.2) is 57.3 Å². The lowest BCUT2D eigenvalue weighted by molar-refractivity contribution is 0.237. The van der Waals surface area contributed by atoms with Crippen molar-refractivity contribution in [2.45, 2.75) is 33.7 Å². The number of rotatable bonds is 9. The summed E-state index contributed by atoms with van der Waals surface area (Å²) in [5.74, 6) is 2.18. The van der Waals surface area contributed by atoms with Gasteiger partial charge in [0.15, 0.2) is 17.5 Å². The molecule has 0 fully saturated rings. The maximum atomic E-state index is 5.54. The van der Waals surface area contributed by atoms with Gasteiger partial charge in [0, 0.05) is 37.9 Å². The van der Waals surface area contributed by atoms with Crippen molar-refractivity contribution in [2.24, 2.45) is 4.99 Å². The van der Waals surface area contributed by atoms with Gasteiger partial charge in [0.1, 0.15) is 0 Å². The van der Waals surface area contributed by atoms with Gasteiger partial charge < -0.3 is 20.1 Å². The summed E-state index contributed by atoms with van der Waals surface area (Å²) in [7, 11) is 3.40. The van der Waals surface area contributed by atoms with Crippen LogP contribution in [0.3, 0.4) is 0 Å². The summed E-state index contributed by atoms with van der Waals surface area (Å²) in [4.78, 5) is 6.67. The Morgan fingerprint density at radius 2 is 2.00 bits per heavy atom. The molecule has 0 saturated carbocycles. The van der Waals surface area contributed by atoms with E-state index < -0.39 is 0 Å². The van der Waals surface area contributed by atoms with Crippen LogP contribution in [0.25, 0.3) is 0 Å². The molecule has 0 bridgehead atoms. The number of benzene rings is 1. The number of hydrogen-bond acceptors (Lipinski definition) is 4. The number of hydrogen-bond donors (Lipinski definition) is 2. The summed E-state index contributed by atoms with van der Waals surface area (Å²) >= 11 is 0. The first-order chi connectivity index (χ1) is 11.5. The highest BCUT2D eigenvalue weighted by atomic mass is 16.5. The maximum Gasteiger partial charge on any atom is 0.195 e. The van der Waals surface area contributed by atoms with Crippen molar-refractivity contribution in [2.75, 3.05) is 45.7 Å². The van der Waals surface area contributed by atoms with Crippen molar-refractivity contribution < 1.29 is 9.47 Å². The third kappa shape index (κ3) is 6.28. The minimum Gasteiger partial charge on any atom is -0.493 e. The Morgan fingerprint density at radius 1 is 1.25 bits per heavy atom. The van der Waals surface area contributed by atoms with Gasteiger partial charge in [0.25, 0.3) is 0 Å². The number of nitrogens with one attached hydrogen (secondary N) is 2. The number of anilines is 1. The minimum atomic E-state index is 0.544. The van der Waals surface area contributed by atoms with Gasteiger partial charge in [-0.1, -0.05) is 6.92 Å². The zero-order chi connectivity index (χ0) is 17.9. The molecule has 0 radical (unpaired) electrons. The molecule has 24 heavy (non-hydrogen) atoms. The van der Waals surface area contributed by atoms with Crippen LogP contribution >= 0.6 is 0 Å². The topological polar surface area (TPSA) is 58.1 Å². The number of aliphatic imine (C=N–C) groups is 1. The molecule has 0 saturated heterocycles. The Hall–Kier alpha value is -1.95. The lowest BCUT2D eigenvalue weighted by Crippen LogP contribution is -2.40. The smallest absolute Gasteiger partial charge is 0.195 e. The molecular weight excluding hydrogens is 304 g/mol. The number of ether oxygens (including phenoxy) is 2. The molecule has 1 rings (SSSR count). The quantitative estimate of drug-likeness (QED) is 0.536. The van der Waals surface area contributed by atoms with Gasteiger partial charge in [-0.05, 0) is 39.4 Å². The van der Waals surface area contributed by atoms with Crippen molar-refractivity contribution in [3.8, 4) is 11.5 Å². The molecule has 6 nitrogen and oxygen atoms in total. The van der Waals surface area contributed by atoms with Crippen LogP contribution in [0.2, 0.25) is 0 Å². The highest BCUT2D eigenvalue weighted by Crippen LogP contribution is 2.30. The van der Waals surface area contributed by atoms with Crippen molar-refractivity contribution in [1.82, 2.24) is 10.2 Å². The zero-order valence-corrected chi connectivity index (χ0v) is 15.8. The fourth-order valence-electron chi connectivity index (χ4n) is 2.44. The molecule has 136 valence electrons. The Labute approximate surface area is 146 Å². The van der Waals surface area contributed by atoms with Crippen LogP contribution < -0.4 is 20.1 Å². The van der Waals surface area contributed by atoms with Gasteiger partial charge in [0.05, 0.1) is 13.7 Å². The first kappa shape index (κ1) is 20.1. The molecule has 0 aromatic heterocycles. The standard InChI is InChI=1S/C18H32N4O2/c1-7-22(14(3)4)12-11-20-18(19-5)21-15-9-10-16(24-8-2)17(13-15)23-6/h9-10,13-14H,7-8,11-12H2,1-6H3,(H2,19,20,21). The fourth-order valence-corrected chi connectivity index (χ4v) is 2.44. The lowest BCUT2D eigenvalue weighted by atomic mass is 10.2. The molecule has 0 heterocycles. The third-order valence-corrected chi connectivity index (χ3v) is 3.78. The second-order valence-corrected chi connectivity index (χ2v) is 5.64. The Balaban J connectivity index is 2.62. The van der Waals surface area contributed by atoms with E-state index in [-0.39, 0.29) is 0 Å². The minimum absolute atomic E-state index is 0.544. The van der Waals surface area contributed by atoms with Gasteiger partial charge in [-0.25, -0.2) is 0 Å². The fraction of sp³-hybridized carbons (Fsp3) is 0.611. The van der Waals surface area contributed by atoms with E-state index in [0.717, 1.165) is 37.0 Å². The highest BCUT2D eigenvalue weighted by molar-refractivity contribution is 5.93. The van der Waals surface area contributed by atoms with Crippen LogP contribution in [0, 0.1) is 0 Å². The molecule has 0 spiro atoms. The summed E-state index contributed by atoms with van der Waals surface area (Å²) in [6.45, 7) is 12.0. The van der Waals surface area contributed by atoms with Crippen molar-refractivity contribution in [1.29, 1.82) is 0 Å². The number of likely N-dealkylation sites (N-methyl/N-ethyl adjacent to an activating group) is 1. The third-order valence-electron chi connectivity index (χ3n) is 3.78. The first-order valence-corrected chi connectivity index (χ1v) is 8.58. The summed E-state index contributed by atoms with van der Waals surface area (Å²) in [5.41, 5.74) is 0.902. The molecule has 2 N–H and O–H groups in total. The number of methoxy groups -OCH3 is 1. The predicted molar refractivity (Wildman–Crippen MR) is 102 cm³/mol. The zero-order valence-electron chi connectivity index (χ0n) is 15.8. The second kappa shape index (κ2) is 10.8. The Morgan fingerprint density at radius 3 is 2.54 bits per heavy atom. The predicted octanol–water partition coefficient (Wildman–Crippen LogP) is 2.81. The summed E-state index contributed by atoms with van der Waals surface area (Å²) in [5, 5.41) is 6.62. The molecule has 1 aromatic rings. The molecule has 1 aromatic carbocycles. The van der Waals surface area contributed by atoms with Gasteiger partial charge in [-0.3, -0.25) is 9.89 Å². The van der Waals surface area contributed by atoms with Crippen LogP contribution in [-0.2, 0) is 0 Å². The van der Waals surface area contributed by atoms with E-state index in [0.29, 0.717) is 18.4 Å². The highest BCUT2D eigenvalue weighted by Gasteiger charge is 2.08. The van der Waals surface area contributed by atoms with Crippen molar-refractivity contribution in [3.63, 3.8) is 0 Å². The molecule has 0 amide bonds. The van der Waals surface area contributed by atoms with Gasteiger partial charge in [-0.15, -0.1) is 0 Å². The van der Waals surface area contributed by atoms with Crippen molar-refractivity contribution >= 4 is 11.6 Å². The monoisotopic (exact) mass is 336 g/mol. The van der Waals surface area contributed by atoms with E-state index in [1.54, 1.807) is 14.2 Å². The lowest BCUT2D eigenvalue weighted by Gasteiger charge is -2.25. The molecular formula is C18H32N4O2. The number of nitrogens with zero attached hydrogens (tertiary/aromatic N) is 2. The average Bonchev–Trinajstić information content (AvgIpc) is 2.58. The van der Waals surface area contributed by atoms with E-state index in [9.17, 15) is 0 Å². The summed E-state index contributed by atoms with van der Waals surface area (Å²) in [6, 6.07) is 6.30. The first-order valence-electron chi connectivity index (χ1n) is 8.58. The van der Waals surface area contributed by atoms with Gasteiger partial charge in [0.2, 0.25) is 0 Å². The number of guanidine groups is 1. The van der Waals surface area contributed by atoms with E-state index in [1.807, 2.05) is 25.1 Å². The van der Waals surface area contributed by atoms with E-state index >= 15 is 0 Å². The van der Waals surface area contributed by atoms with Gasteiger partial charge in [-0.2, -0.15) is 0 Å². The summed E-state index contributed by atoms with van der Waals surface area (Å²) in [6.07, 6.45) is 0. The average molecular weight is 336 g/mol. The molecule has 0 aliphatic rings. The van der Waals surface area contributed by atoms with Crippen LogP contribution in [0.5, 0.6) is 11.5 Å². The SMILES string of the molecule is CCOc1ccc(NC(=NC)NCCN(CC)C(C)C)cc1OC. The van der Waals surface area contributed by atoms with Crippen LogP contribution in [0.15, 0.2) is 23.2 Å². The summed E-state index contributed by atoms with van der Waals surface area (Å²) < 4.78 is 10.9. The van der Waals surface area contributed by atoms with Crippen LogP contribution in [0.4, 0.5) is 5.69 Å². The van der Waals surface area contributed by atoms with E-state index in [4.69, 9.17) is 9.47 Å². The Bertz CT molecular complexity index is 518. The largest absolute Gasteiger partial charge is 0.493 e. The van der Waals surface area contributed by atoms with E-state index in [1.165, 1.54) is 0 Å². The molecule has 0 aliphatic carbocycles.